The summed E-state index contributed by atoms with van der Waals surface area (Å²) in [6.45, 7) is -0.0491. The summed E-state index contributed by atoms with van der Waals surface area (Å²) in [7, 11) is 0. The fourth-order valence-corrected chi connectivity index (χ4v) is 2.53. The fourth-order valence-electron chi connectivity index (χ4n) is 2.53. The molecule has 130 valence electrons. The van der Waals surface area contributed by atoms with Crippen LogP contribution in [0.25, 0.3) is 0 Å². The monoisotopic (exact) mass is 342 g/mol. The van der Waals surface area contributed by atoms with Gasteiger partial charge in [0.05, 0.1) is 17.7 Å². The van der Waals surface area contributed by atoms with Gasteiger partial charge in [0.2, 0.25) is 0 Å². The van der Waals surface area contributed by atoms with Crippen molar-refractivity contribution in [2.75, 3.05) is 6.61 Å². The number of carbonyl (C=O) groups excluding carboxylic acids is 2. The number of hydrogen-bond acceptors (Lipinski definition) is 6. The Morgan fingerprint density at radius 1 is 0.840 bits per heavy atom. The summed E-state index contributed by atoms with van der Waals surface area (Å²) in [6.07, 6.45) is -2.61. The van der Waals surface area contributed by atoms with Crippen LogP contribution < -0.4 is 0 Å². The van der Waals surface area contributed by atoms with E-state index in [-0.39, 0.29) is 13.0 Å². The smallest absolute Gasteiger partial charge is 0.338 e. The molecule has 0 bridgehead atoms. The molecular formula is C19H18O6. The van der Waals surface area contributed by atoms with Crippen LogP contribution in [-0.4, -0.2) is 42.1 Å². The maximum atomic E-state index is 12.2. The van der Waals surface area contributed by atoms with Crippen molar-refractivity contribution < 1.29 is 28.9 Å². The predicted molar refractivity (Wildman–Crippen MR) is 87.9 cm³/mol. The van der Waals surface area contributed by atoms with Gasteiger partial charge in [-0.2, -0.15) is 0 Å². The highest BCUT2D eigenvalue weighted by molar-refractivity contribution is 5.90. The predicted octanol–water partition coefficient (Wildman–Crippen LogP) is 2.18. The van der Waals surface area contributed by atoms with Crippen LogP contribution in [-0.2, 0) is 14.2 Å². The Morgan fingerprint density at radius 2 is 1.32 bits per heavy atom. The molecule has 0 aliphatic carbocycles. The lowest BCUT2D eigenvalue weighted by atomic mass is 10.1. The molecule has 2 aromatic rings. The van der Waals surface area contributed by atoms with Crippen molar-refractivity contribution in [1.82, 2.24) is 0 Å². The van der Waals surface area contributed by atoms with Gasteiger partial charge in [0, 0.05) is 6.42 Å². The van der Waals surface area contributed by atoms with Gasteiger partial charge in [-0.1, -0.05) is 36.4 Å². The number of aliphatic hydroxyl groups excluding tert-OH is 1. The van der Waals surface area contributed by atoms with Gasteiger partial charge in [0.1, 0.15) is 6.10 Å². The molecular weight excluding hydrogens is 324 g/mol. The van der Waals surface area contributed by atoms with Crippen molar-refractivity contribution in [2.45, 2.75) is 24.9 Å². The van der Waals surface area contributed by atoms with E-state index in [1.54, 1.807) is 60.7 Å². The van der Waals surface area contributed by atoms with Crippen LogP contribution in [0, 0.1) is 0 Å². The zero-order valence-electron chi connectivity index (χ0n) is 13.4. The van der Waals surface area contributed by atoms with E-state index in [2.05, 4.69) is 0 Å². The zero-order valence-corrected chi connectivity index (χ0v) is 13.4. The number of ether oxygens (including phenoxy) is 3. The molecule has 1 aliphatic rings. The molecule has 0 spiro atoms. The van der Waals surface area contributed by atoms with Crippen LogP contribution in [0.15, 0.2) is 60.7 Å². The third kappa shape index (κ3) is 4.43. The van der Waals surface area contributed by atoms with Crippen molar-refractivity contribution in [3.8, 4) is 0 Å². The minimum atomic E-state index is -1.07. The molecule has 1 fully saturated rings. The normalized spacial score (nSPS) is 22.8. The van der Waals surface area contributed by atoms with Gasteiger partial charge in [-0.05, 0) is 24.3 Å². The SMILES string of the molecule is O=C(O[C@H]1CO[C@H](O)C[C@H]1OC(=O)c1ccccc1)c1ccccc1. The maximum Gasteiger partial charge on any atom is 0.338 e. The quantitative estimate of drug-likeness (QED) is 0.858. The van der Waals surface area contributed by atoms with Crippen molar-refractivity contribution in [2.24, 2.45) is 0 Å². The van der Waals surface area contributed by atoms with E-state index in [9.17, 15) is 14.7 Å². The highest BCUT2D eigenvalue weighted by Crippen LogP contribution is 2.21. The van der Waals surface area contributed by atoms with E-state index in [4.69, 9.17) is 14.2 Å². The molecule has 1 aliphatic heterocycles. The lowest BCUT2D eigenvalue weighted by Gasteiger charge is -2.33. The molecule has 1 heterocycles. The fraction of sp³-hybridized carbons (Fsp3) is 0.263. The molecule has 0 radical (unpaired) electrons. The van der Waals surface area contributed by atoms with E-state index in [0.717, 1.165) is 0 Å². The summed E-state index contributed by atoms with van der Waals surface area (Å²) in [5, 5.41) is 9.68. The van der Waals surface area contributed by atoms with Crippen molar-refractivity contribution in [3.05, 3.63) is 71.8 Å². The Hall–Kier alpha value is -2.70. The molecule has 0 saturated carbocycles. The van der Waals surface area contributed by atoms with Gasteiger partial charge >= 0.3 is 11.9 Å². The van der Waals surface area contributed by atoms with E-state index in [1.165, 1.54) is 0 Å². The van der Waals surface area contributed by atoms with E-state index < -0.39 is 30.4 Å². The van der Waals surface area contributed by atoms with E-state index >= 15 is 0 Å². The number of hydrogen-bond donors (Lipinski definition) is 1. The highest BCUT2D eigenvalue weighted by Gasteiger charge is 2.36. The Morgan fingerprint density at radius 3 is 1.84 bits per heavy atom. The van der Waals surface area contributed by atoms with Crippen molar-refractivity contribution >= 4 is 11.9 Å². The molecule has 0 aromatic heterocycles. The van der Waals surface area contributed by atoms with Gasteiger partial charge in [-0.25, -0.2) is 9.59 Å². The topological polar surface area (TPSA) is 82.1 Å². The molecule has 6 nitrogen and oxygen atoms in total. The minimum absolute atomic E-state index is 0.0330. The van der Waals surface area contributed by atoms with Crippen LogP contribution >= 0.6 is 0 Å². The molecule has 0 unspecified atom stereocenters. The van der Waals surface area contributed by atoms with Gasteiger partial charge < -0.3 is 19.3 Å². The van der Waals surface area contributed by atoms with Gasteiger partial charge in [0.15, 0.2) is 12.4 Å². The molecule has 2 aromatic carbocycles. The molecule has 0 amide bonds. The largest absolute Gasteiger partial charge is 0.455 e. The Balaban J connectivity index is 1.68. The third-order valence-corrected chi connectivity index (χ3v) is 3.84. The number of esters is 2. The minimum Gasteiger partial charge on any atom is -0.455 e. The summed E-state index contributed by atoms with van der Waals surface area (Å²) in [4.78, 5) is 24.5. The van der Waals surface area contributed by atoms with Gasteiger partial charge in [-0.3, -0.25) is 0 Å². The summed E-state index contributed by atoms with van der Waals surface area (Å²) in [5.41, 5.74) is 0.776. The van der Waals surface area contributed by atoms with Gasteiger partial charge in [0.25, 0.3) is 0 Å². The number of benzene rings is 2. The first kappa shape index (κ1) is 17.1. The van der Waals surface area contributed by atoms with Crippen molar-refractivity contribution in [1.29, 1.82) is 0 Å². The maximum absolute atomic E-state index is 12.2. The molecule has 25 heavy (non-hydrogen) atoms. The third-order valence-electron chi connectivity index (χ3n) is 3.84. The highest BCUT2D eigenvalue weighted by atomic mass is 16.6. The Kier molecular flexibility index (Phi) is 5.42. The van der Waals surface area contributed by atoms with Gasteiger partial charge in [-0.15, -0.1) is 0 Å². The van der Waals surface area contributed by atoms with Crippen LogP contribution in [0.5, 0.6) is 0 Å². The summed E-state index contributed by atoms with van der Waals surface area (Å²) in [5.74, 6) is -1.08. The Bertz CT molecular complexity index is 715. The van der Waals surface area contributed by atoms with Crippen LogP contribution in [0.4, 0.5) is 0 Å². The second-order valence-electron chi connectivity index (χ2n) is 5.64. The second-order valence-corrected chi connectivity index (χ2v) is 5.64. The zero-order chi connectivity index (χ0) is 17.6. The number of carbonyl (C=O) groups is 2. The second kappa shape index (κ2) is 7.92. The van der Waals surface area contributed by atoms with E-state index in [1.807, 2.05) is 0 Å². The number of rotatable bonds is 4. The number of aliphatic hydroxyl groups is 1. The first-order valence-electron chi connectivity index (χ1n) is 7.95. The van der Waals surface area contributed by atoms with Crippen molar-refractivity contribution in [3.63, 3.8) is 0 Å². The summed E-state index contributed by atoms with van der Waals surface area (Å²) < 4.78 is 16.0. The standard InChI is InChI=1S/C19H18O6/c20-17-11-15(24-18(21)13-7-3-1-4-8-13)16(12-23-17)25-19(22)14-9-5-2-6-10-14/h1-10,15-17,20H,11-12H2/t15-,16+,17+/m1/s1. The first-order chi connectivity index (χ1) is 12.1. The van der Waals surface area contributed by atoms with Crippen LogP contribution in [0.2, 0.25) is 0 Å². The molecule has 1 N–H and O–H groups in total. The van der Waals surface area contributed by atoms with Crippen LogP contribution in [0.1, 0.15) is 27.1 Å². The average molecular weight is 342 g/mol. The molecule has 6 heteroatoms. The molecule has 3 rings (SSSR count). The Labute approximate surface area is 144 Å². The first-order valence-corrected chi connectivity index (χ1v) is 7.95. The summed E-state index contributed by atoms with van der Waals surface area (Å²) in [6, 6.07) is 17.0. The lowest BCUT2D eigenvalue weighted by molar-refractivity contribution is -0.194. The van der Waals surface area contributed by atoms with E-state index in [0.29, 0.717) is 11.1 Å². The average Bonchev–Trinajstić information content (AvgIpc) is 2.65. The lowest BCUT2D eigenvalue weighted by Crippen LogP contribution is -2.46. The van der Waals surface area contributed by atoms with Crippen LogP contribution in [0.3, 0.4) is 0 Å². The summed E-state index contributed by atoms with van der Waals surface area (Å²) >= 11 is 0. The molecule has 3 atom stereocenters. The molecule has 1 saturated heterocycles.